The maximum atomic E-state index is 14.2. The van der Waals surface area contributed by atoms with E-state index in [0.29, 0.717) is 0 Å². The van der Waals surface area contributed by atoms with Gasteiger partial charge in [-0.25, -0.2) is 13.8 Å². The van der Waals surface area contributed by atoms with E-state index in [2.05, 4.69) is 4.98 Å². The number of aromatic nitrogens is 1. The van der Waals surface area contributed by atoms with E-state index in [1.54, 1.807) is 6.07 Å². The van der Waals surface area contributed by atoms with Gasteiger partial charge in [0.05, 0.1) is 0 Å². The number of hydrogen-bond donors (Lipinski definition) is 0. The molecule has 0 radical (unpaired) electrons. The Labute approximate surface area is 132 Å². The highest BCUT2D eigenvalue weighted by Gasteiger charge is 2.18. The summed E-state index contributed by atoms with van der Waals surface area (Å²) >= 11 is 0. The predicted molar refractivity (Wildman–Crippen MR) is 79.9 cm³/mol. The Balaban J connectivity index is 1.79. The molecule has 0 spiro atoms. The molecule has 1 saturated heterocycles. The summed E-state index contributed by atoms with van der Waals surface area (Å²) in [5.74, 6) is -1.13. The second kappa shape index (κ2) is 6.71. The first-order chi connectivity index (χ1) is 11.2. The van der Waals surface area contributed by atoms with Gasteiger partial charge in [-0.2, -0.15) is 5.26 Å². The minimum atomic E-state index is -0.636. The number of ether oxygens (including phenoxy) is 1. The van der Waals surface area contributed by atoms with Crippen molar-refractivity contribution in [3.63, 3.8) is 0 Å². The van der Waals surface area contributed by atoms with Crippen LogP contribution in [-0.4, -0.2) is 23.0 Å². The van der Waals surface area contributed by atoms with Gasteiger partial charge < -0.3 is 4.74 Å². The van der Waals surface area contributed by atoms with Crippen LogP contribution in [0.25, 0.3) is 0 Å². The third-order valence-corrected chi connectivity index (χ3v) is 3.76. The van der Waals surface area contributed by atoms with Crippen molar-refractivity contribution < 1.29 is 13.5 Å². The van der Waals surface area contributed by atoms with E-state index in [1.165, 1.54) is 12.1 Å². The molecule has 1 fully saturated rings. The molecule has 0 unspecified atom stereocenters. The van der Waals surface area contributed by atoms with Gasteiger partial charge in [0, 0.05) is 30.3 Å². The van der Waals surface area contributed by atoms with Crippen LogP contribution in [0.15, 0.2) is 30.3 Å². The molecule has 1 aliphatic rings. The number of hydrogen-bond acceptors (Lipinski definition) is 4. The maximum absolute atomic E-state index is 14.2. The molecule has 0 N–H and O–H groups in total. The molecule has 2 heterocycles. The predicted octanol–water partition coefficient (Wildman–Crippen LogP) is 3.62. The molecule has 118 valence electrons. The minimum absolute atomic E-state index is 0.0211. The van der Waals surface area contributed by atoms with Crippen LogP contribution in [0.1, 0.15) is 24.1 Å². The van der Waals surface area contributed by atoms with E-state index >= 15 is 0 Å². The van der Waals surface area contributed by atoms with Crippen LogP contribution < -0.4 is 4.74 Å². The van der Waals surface area contributed by atoms with E-state index < -0.39 is 11.6 Å². The summed E-state index contributed by atoms with van der Waals surface area (Å²) in [5, 5.41) is 8.80. The Morgan fingerprint density at radius 2 is 1.87 bits per heavy atom. The average Bonchev–Trinajstić information content (AvgIpc) is 3.04. The van der Waals surface area contributed by atoms with Crippen LogP contribution in [0.2, 0.25) is 0 Å². The Bertz CT molecular complexity index is 729. The van der Waals surface area contributed by atoms with Gasteiger partial charge in [-0.1, -0.05) is 6.07 Å². The summed E-state index contributed by atoms with van der Waals surface area (Å²) in [5.41, 5.74) is 0.229. The number of likely N-dealkylation sites (tertiary alicyclic amines) is 1. The van der Waals surface area contributed by atoms with Crippen LogP contribution in [0, 0.1) is 23.0 Å². The number of rotatable bonds is 4. The van der Waals surface area contributed by atoms with Crippen LogP contribution in [0.4, 0.5) is 8.78 Å². The zero-order valence-corrected chi connectivity index (χ0v) is 12.4. The number of benzene rings is 1. The van der Waals surface area contributed by atoms with Crippen LogP contribution in [0.5, 0.6) is 11.6 Å². The molecule has 1 aromatic carbocycles. The van der Waals surface area contributed by atoms with E-state index in [0.717, 1.165) is 38.1 Å². The quantitative estimate of drug-likeness (QED) is 0.864. The summed E-state index contributed by atoms with van der Waals surface area (Å²) in [4.78, 5) is 5.94. The Kier molecular flexibility index (Phi) is 4.49. The standard InChI is InChI=1S/C17H15F2N3O/c18-15-8-13(23-17-5-3-4-12(10-20)21-17)9-16(19)14(15)11-22-6-1-2-7-22/h3-5,8-9H,1-2,6-7,11H2. The molecule has 0 atom stereocenters. The molecule has 1 aromatic heterocycles. The Morgan fingerprint density at radius 3 is 2.52 bits per heavy atom. The minimum Gasteiger partial charge on any atom is -0.439 e. The van der Waals surface area contributed by atoms with Gasteiger partial charge in [-0.05, 0) is 32.0 Å². The van der Waals surface area contributed by atoms with Crippen molar-refractivity contribution in [2.45, 2.75) is 19.4 Å². The first-order valence-corrected chi connectivity index (χ1v) is 7.41. The second-order valence-corrected chi connectivity index (χ2v) is 5.42. The maximum Gasteiger partial charge on any atom is 0.220 e. The number of halogens is 2. The fourth-order valence-electron chi connectivity index (χ4n) is 2.61. The van der Waals surface area contributed by atoms with Gasteiger partial charge in [0.1, 0.15) is 29.1 Å². The zero-order valence-electron chi connectivity index (χ0n) is 12.4. The SMILES string of the molecule is N#Cc1cccc(Oc2cc(F)c(CN3CCCC3)c(F)c2)n1. The molecule has 2 aromatic rings. The molecule has 3 rings (SSSR count). The topological polar surface area (TPSA) is 49.1 Å². The van der Waals surface area contributed by atoms with Crippen LogP contribution in [0.3, 0.4) is 0 Å². The van der Waals surface area contributed by atoms with Crippen molar-refractivity contribution >= 4 is 0 Å². The van der Waals surface area contributed by atoms with Gasteiger partial charge in [0.25, 0.3) is 0 Å². The van der Waals surface area contributed by atoms with E-state index in [-0.39, 0.29) is 29.4 Å². The van der Waals surface area contributed by atoms with Gasteiger partial charge >= 0.3 is 0 Å². The summed E-state index contributed by atoms with van der Waals surface area (Å²) < 4.78 is 33.7. The molecule has 1 aliphatic heterocycles. The van der Waals surface area contributed by atoms with Crippen LogP contribution >= 0.6 is 0 Å². The fraction of sp³-hybridized carbons (Fsp3) is 0.294. The molecule has 23 heavy (non-hydrogen) atoms. The third-order valence-electron chi connectivity index (χ3n) is 3.76. The highest BCUT2D eigenvalue weighted by Crippen LogP contribution is 2.26. The summed E-state index contributed by atoms with van der Waals surface area (Å²) in [7, 11) is 0. The van der Waals surface area contributed by atoms with E-state index in [1.807, 2.05) is 11.0 Å². The largest absolute Gasteiger partial charge is 0.439 e. The van der Waals surface area contributed by atoms with Gasteiger partial charge in [0.2, 0.25) is 5.88 Å². The molecule has 0 aliphatic carbocycles. The molecular weight excluding hydrogens is 300 g/mol. The lowest BCUT2D eigenvalue weighted by Crippen LogP contribution is -2.20. The van der Waals surface area contributed by atoms with Crippen molar-refractivity contribution in [1.82, 2.24) is 9.88 Å². The van der Waals surface area contributed by atoms with Gasteiger partial charge in [-0.3, -0.25) is 4.90 Å². The Hall–Kier alpha value is -2.52. The average molecular weight is 315 g/mol. The van der Waals surface area contributed by atoms with Crippen molar-refractivity contribution in [3.8, 4) is 17.7 Å². The van der Waals surface area contributed by atoms with Gasteiger partial charge in [0.15, 0.2) is 0 Å². The number of nitrogens with zero attached hydrogens (tertiary/aromatic N) is 3. The normalized spacial score (nSPS) is 14.7. The monoisotopic (exact) mass is 315 g/mol. The van der Waals surface area contributed by atoms with E-state index in [9.17, 15) is 8.78 Å². The van der Waals surface area contributed by atoms with Crippen LogP contribution in [-0.2, 0) is 6.54 Å². The lowest BCUT2D eigenvalue weighted by atomic mass is 10.1. The highest BCUT2D eigenvalue weighted by atomic mass is 19.1. The first kappa shape index (κ1) is 15.4. The van der Waals surface area contributed by atoms with Crippen molar-refractivity contribution in [1.29, 1.82) is 5.26 Å². The van der Waals surface area contributed by atoms with Crippen molar-refractivity contribution in [2.24, 2.45) is 0 Å². The molecule has 0 bridgehead atoms. The highest BCUT2D eigenvalue weighted by molar-refractivity contribution is 5.34. The number of nitriles is 1. The second-order valence-electron chi connectivity index (χ2n) is 5.42. The zero-order chi connectivity index (χ0) is 16.2. The van der Waals surface area contributed by atoms with Crippen molar-refractivity contribution in [3.05, 3.63) is 53.2 Å². The van der Waals surface area contributed by atoms with E-state index in [4.69, 9.17) is 10.00 Å². The van der Waals surface area contributed by atoms with Crippen molar-refractivity contribution in [2.75, 3.05) is 13.1 Å². The summed E-state index contributed by atoms with van der Waals surface area (Å²) in [6, 6.07) is 8.81. The number of pyridine rings is 1. The molecule has 6 heteroatoms. The molecule has 0 amide bonds. The lowest BCUT2D eigenvalue weighted by molar-refractivity contribution is 0.317. The Morgan fingerprint density at radius 1 is 1.17 bits per heavy atom. The molecular formula is C17H15F2N3O. The lowest BCUT2D eigenvalue weighted by Gasteiger charge is -2.16. The molecule has 0 saturated carbocycles. The third kappa shape index (κ3) is 3.63. The first-order valence-electron chi connectivity index (χ1n) is 7.41. The molecule has 4 nitrogen and oxygen atoms in total. The summed E-state index contributed by atoms with van der Waals surface area (Å²) in [6.07, 6.45) is 2.12. The van der Waals surface area contributed by atoms with Gasteiger partial charge in [-0.15, -0.1) is 0 Å². The fourth-order valence-corrected chi connectivity index (χ4v) is 2.61. The summed E-state index contributed by atoms with van der Waals surface area (Å²) in [6.45, 7) is 1.99. The smallest absolute Gasteiger partial charge is 0.220 e.